The quantitative estimate of drug-likeness (QED) is 0.263. The van der Waals surface area contributed by atoms with Crippen LogP contribution in [0.4, 0.5) is 0 Å². The van der Waals surface area contributed by atoms with Crippen molar-refractivity contribution in [3.8, 4) is 0 Å². The van der Waals surface area contributed by atoms with Gasteiger partial charge in [-0.1, -0.05) is 12.1 Å². The normalized spacial score (nSPS) is 11.7. The fourth-order valence-electron chi connectivity index (χ4n) is 1.51. The highest BCUT2D eigenvalue weighted by Gasteiger charge is 2.07. The van der Waals surface area contributed by atoms with Crippen molar-refractivity contribution >= 4 is 51.7 Å². The molecule has 4 N–H and O–H groups in total. The number of aliphatic imine (C=N–C) groups is 1. The summed E-state index contributed by atoms with van der Waals surface area (Å²) < 4.78 is 22.5. The van der Waals surface area contributed by atoms with Gasteiger partial charge in [0, 0.05) is 25.9 Å². The van der Waals surface area contributed by atoms with E-state index in [9.17, 15) is 8.42 Å². The second-order valence-electron chi connectivity index (χ2n) is 4.04. The molecule has 0 saturated heterocycles. The van der Waals surface area contributed by atoms with Crippen molar-refractivity contribution in [3.63, 3.8) is 0 Å². The molecule has 0 aromatic heterocycles. The van der Waals surface area contributed by atoms with Crippen LogP contribution < -0.4 is 15.8 Å². The van der Waals surface area contributed by atoms with Gasteiger partial charge < -0.3 is 10.6 Å². The van der Waals surface area contributed by atoms with E-state index in [1.807, 2.05) is 12.3 Å². The summed E-state index contributed by atoms with van der Waals surface area (Å²) in [4.78, 5) is 4.20. The molecule has 1 aromatic rings. The Morgan fingerprint density at radius 2 is 2.10 bits per heavy atom. The summed E-state index contributed by atoms with van der Waals surface area (Å²) in [5, 5.41) is 11.4. The fourth-order valence-corrected chi connectivity index (χ4v) is 2.40. The number of thioether (sulfide) groups is 1. The molecule has 0 fully saturated rings. The van der Waals surface area contributed by atoms with Gasteiger partial charge in [-0.25, -0.2) is 13.6 Å². The lowest BCUT2D eigenvalue weighted by atomic mass is 10.2. The number of hydrogen-bond acceptors (Lipinski definition) is 4. The first kappa shape index (κ1) is 20.5. The molecule has 0 heterocycles. The number of hydrogen-bond donors (Lipinski definition) is 3. The molecule has 1 rings (SSSR count). The van der Waals surface area contributed by atoms with Gasteiger partial charge in [0.25, 0.3) is 0 Å². The van der Waals surface area contributed by atoms with E-state index in [0.717, 1.165) is 17.9 Å². The van der Waals surface area contributed by atoms with E-state index in [1.54, 1.807) is 30.9 Å². The topological polar surface area (TPSA) is 96.6 Å². The molecule has 6 nitrogen and oxygen atoms in total. The first-order valence-electron chi connectivity index (χ1n) is 6.02. The molecular weight excluding hydrogens is 423 g/mol. The molecule has 0 saturated carbocycles. The van der Waals surface area contributed by atoms with Gasteiger partial charge in [0.15, 0.2) is 5.96 Å². The van der Waals surface area contributed by atoms with Gasteiger partial charge in [0.1, 0.15) is 0 Å². The van der Waals surface area contributed by atoms with E-state index in [2.05, 4.69) is 15.6 Å². The van der Waals surface area contributed by atoms with Crippen molar-refractivity contribution in [2.45, 2.75) is 11.4 Å². The lowest BCUT2D eigenvalue weighted by Crippen LogP contribution is -2.37. The maximum atomic E-state index is 11.3. The summed E-state index contributed by atoms with van der Waals surface area (Å²) in [7, 11) is -1.97. The third-order valence-corrected chi connectivity index (χ3v) is 4.03. The molecule has 0 radical (unpaired) electrons. The third kappa shape index (κ3) is 7.88. The fraction of sp³-hybridized carbons (Fsp3) is 0.417. The van der Waals surface area contributed by atoms with Crippen LogP contribution in [-0.4, -0.2) is 40.0 Å². The van der Waals surface area contributed by atoms with Gasteiger partial charge in [-0.3, -0.25) is 4.99 Å². The minimum atomic E-state index is -3.66. The molecular formula is C12H21IN4O2S2. The first-order valence-corrected chi connectivity index (χ1v) is 8.96. The minimum Gasteiger partial charge on any atom is -0.356 e. The van der Waals surface area contributed by atoms with Gasteiger partial charge in [-0.15, -0.1) is 24.0 Å². The molecule has 0 unspecified atom stereocenters. The Balaban J connectivity index is 0.00000400. The van der Waals surface area contributed by atoms with Crippen molar-refractivity contribution in [1.29, 1.82) is 0 Å². The summed E-state index contributed by atoms with van der Waals surface area (Å²) in [5.74, 6) is 1.67. The molecule has 0 atom stereocenters. The number of nitrogens with zero attached hydrogens (tertiary/aromatic N) is 1. The van der Waals surface area contributed by atoms with Gasteiger partial charge in [0.05, 0.1) is 4.90 Å². The average molecular weight is 444 g/mol. The van der Waals surface area contributed by atoms with Crippen molar-refractivity contribution < 1.29 is 8.42 Å². The largest absolute Gasteiger partial charge is 0.356 e. The van der Waals surface area contributed by atoms with Crippen molar-refractivity contribution in [2.24, 2.45) is 10.1 Å². The number of primary sulfonamides is 1. The Hall–Kier alpha value is -0.520. The monoisotopic (exact) mass is 444 g/mol. The van der Waals surface area contributed by atoms with E-state index in [0.29, 0.717) is 12.5 Å². The molecule has 9 heteroatoms. The Kier molecular flexibility index (Phi) is 9.99. The molecule has 0 spiro atoms. The SMILES string of the molecule is CN=C(NCCSC)NCc1cccc(S(N)(=O)=O)c1.I. The summed E-state index contributed by atoms with van der Waals surface area (Å²) in [6.07, 6.45) is 2.04. The van der Waals surface area contributed by atoms with E-state index in [1.165, 1.54) is 6.07 Å². The second kappa shape index (κ2) is 10.2. The summed E-state index contributed by atoms with van der Waals surface area (Å²) in [5.41, 5.74) is 0.823. The maximum Gasteiger partial charge on any atom is 0.238 e. The first-order chi connectivity index (χ1) is 9.47. The van der Waals surface area contributed by atoms with E-state index in [-0.39, 0.29) is 28.9 Å². The maximum absolute atomic E-state index is 11.3. The van der Waals surface area contributed by atoms with Crippen LogP contribution in [0.25, 0.3) is 0 Å². The summed E-state index contributed by atoms with van der Waals surface area (Å²) >= 11 is 1.75. The molecule has 0 aliphatic rings. The zero-order valence-electron chi connectivity index (χ0n) is 12.0. The minimum absolute atomic E-state index is 0. The third-order valence-electron chi connectivity index (χ3n) is 2.51. The van der Waals surface area contributed by atoms with Crippen LogP contribution >= 0.6 is 35.7 Å². The number of rotatable bonds is 6. The van der Waals surface area contributed by atoms with Crippen LogP contribution in [0.15, 0.2) is 34.2 Å². The Morgan fingerprint density at radius 1 is 1.38 bits per heavy atom. The molecule has 0 aliphatic carbocycles. The number of guanidine groups is 1. The Bertz CT molecular complexity index is 564. The van der Waals surface area contributed by atoms with E-state index in [4.69, 9.17) is 5.14 Å². The van der Waals surface area contributed by atoms with Gasteiger partial charge in [-0.05, 0) is 24.0 Å². The standard InChI is InChI=1S/C12H20N4O2S2.HI/c1-14-12(15-6-7-19-2)16-9-10-4-3-5-11(8-10)20(13,17)18;/h3-5,8H,6-7,9H2,1-2H3,(H2,13,17,18)(H2,14,15,16);1H. The highest BCUT2D eigenvalue weighted by molar-refractivity contribution is 14.0. The Morgan fingerprint density at radius 3 is 2.67 bits per heavy atom. The molecule has 21 heavy (non-hydrogen) atoms. The lowest BCUT2D eigenvalue weighted by molar-refractivity contribution is 0.597. The van der Waals surface area contributed by atoms with Crippen molar-refractivity contribution in [2.75, 3.05) is 25.6 Å². The Labute approximate surface area is 147 Å². The molecule has 0 aliphatic heterocycles. The van der Waals surface area contributed by atoms with Crippen LogP contribution in [0.2, 0.25) is 0 Å². The van der Waals surface area contributed by atoms with E-state index >= 15 is 0 Å². The zero-order chi connectivity index (χ0) is 15.0. The van der Waals surface area contributed by atoms with Crippen molar-refractivity contribution in [3.05, 3.63) is 29.8 Å². The predicted molar refractivity (Wildman–Crippen MR) is 99.8 cm³/mol. The number of nitrogens with one attached hydrogen (secondary N) is 2. The van der Waals surface area contributed by atoms with Crippen LogP contribution in [0, 0.1) is 0 Å². The lowest BCUT2D eigenvalue weighted by Gasteiger charge is -2.11. The zero-order valence-corrected chi connectivity index (χ0v) is 16.0. The van der Waals surface area contributed by atoms with Crippen LogP contribution in [0.1, 0.15) is 5.56 Å². The summed E-state index contributed by atoms with van der Waals surface area (Å²) in [6, 6.07) is 6.53. The number of nitrogens with two attached hydrogens (primary N) is 1. The number of sulfonamides is 1. The smallest absolute Gasteiger partial charge is 0.238 e. The number of halogens is 1. The summed E-state index contributed by atoms with van der Waals surface area (Å²) in [6.45, 7) is 1.29. The molecule has 0 bridgehead atoms. The number of benzene rings is 1. The van der Waals surface area contributed by atoms with Crippen LogP contribution in [0.5, 0.6) is 0 Å². The van der Waals surface area contributed by atoms with Gasteiger partial charge in [-0.2, -0.15) is 11.8 Å². The van der Waals surface area contributed by atoms with Crippen molar-refractivity contribution in [1.82, 2.24) is 10.6 Å². The highest BCUT2D eigenvalue weighted by atomic mass is 127. The highest BCUT2D eigenvalue weighted by Crippen LogP contribution is 2.09. The predicted octanol–water partition coefficient (Wildman–Crippen LogP) is 0.980. The molecule has 1 aromatic carbocycles. The molecule has 0 amide bonds. The van der Waals surface area contributed by atoms with Gasteiger partial charge >= 0.3 is 0 Å². The van der Waals surface area contributed by atoms with E-state index < -0.39 is 10.0 Å². The average Bonchev–Trinajstić information content (AvgIpc) is 2.42. The molecule has 120 valence electrons. The van der Waals surface area contributed by atoms with Gasteiger partial charge in [0.2, 0.25) is 10.0 Å². The van der Waals surface area contributed by atoms with Crippen LogP contribution in [-0.2, 0) is 16.6 Å². The van der Waals surface area contributed by atoms with Crippen LogP contribution in [0.3, 0.4) is 0 Å². The second-order valence-corrected chi connectivity index (χ2v) is 6.58.